The Morgan fingerprint density at radius 2 is 2.28 bits per heavy atom. The molecule has 0 spiro atoms. The lowest BCUT2D eigenvalue weighted by atomic mass is 9.94. The van der Waals surface area contributed by atoms with Crippen LogP contribution in [-0.2, 0) is 6.54 Å². The monoisotopic (exact) mass is 328 g/mol. The van der Waals surface area contributed by atoms with Gasteiger partial charge in [-0.3, -0.25) is 4.90 Å². The Kier molecular flexibility index (Phi) is 3.94. The van der Waals surface area contributed by atoms with Crippen LogP contribution in [0.1, 0.15) is 18.4 Å². The van der Waals surface area contributed by atoms with Gasteiger partial charge >= 0.3 is 0 Å². The molecule has 18 heavy (non-hydrogen) atoms. The van der Waals surface area contributed by atoms with E-state index >= 15 is 0 Å². The van der Waals surface area contributed by atoms with Gasteiger partial charge in [-0.2, -0.15) is 0 Å². The topological polar surface area (TPSA) is 15.3 Å². The zero-order chi connectivity index (χ0) is 12.5. The smallest absolute Gasteiger partial charge is 0.0410 e. The third kappa shape index (κ3) is 2.74. The van der Waals surface area contributed by atoms with Gasteiger partial charge in [0.05, 0.1) is 0 Å². The van der Waals surface area contributed by atoms with Crippen molar-refractivity contribution >= 4 is 27.5 Å². The number of rotatable bonds is 2. The van der Waals surface area contributed by atoms with Crippen molar-refractivity contribution in [2.24, 2.45) is 5.92 Å². The van der Waals surface area contributed by atoms with Gasteiger partial charge in [-0.15, -0.1) is 0 Å². The summed E-state index contributed by atoms with van der Waals surface area (Å²) < 4.78 is 1.16. The van der Waals surface area contributed by atoms with Crippen molar-refractivity contribution in [3.8, 4) is 0 Å². The maximum Gasteiger partial charge on any atom is 0.0410 e. The molecule has 0 aromatic heterocycles. The first-order chi connectivity index (χ1) is 8.72. The Morgan fingerprint density at radius 3 is 3.11 bits per heavy atom. The summed E-state index contributed by atoms with van der Waals surface area (Å²) in [4.78, 5) is 2.55. The van der Waals surface area contributed by atoms with Gasteiger partial charge < -0.3 is 5.32 Å². The molecule has 2 saturated heterocycles. The molecule has 2 fully saturated rings. The third-order valence-corrected chi connectivity index (χ3v) is 5.09. The van der Waals surface area contributed by atoms with Gasteiger partial charge in [-0.05, 0) is 49.1 Å². The summed E-state index contributed by atoms with van der Waals surface area (Å²) in [5, 5.41) is 4.47. The van der Waals surface area contributed by atoms with E-state index in [1.54, 1.807) is 0 Å². The van der Waals surface area contributed by atoms with Crippen LogP contribution in [0.4, 0.5) is 0 Å². The van der Waals surface area contributed by atoms with E-state index in [0.717, 1.165) is 22.0 Å². The lowest BCUT2D eigenvalue weighted by Gasteiger charge is -2.24. The van der Waals surface area contributed by atoms with Crippen LogP contribution in [0, 0.1) is 5.92 Å². The number of fused-ring (bicyclic) bond motifs is 1. The van der Waals surface area contributed by atoms with Crippen LogP contribution in [0.25, 0.3) is 0 Å². The number of nitrogens with zero attached hydrogens (tertiary/aromatic N) is 1. The Bertz CT molecular complexity index is 424. The summed E-state index contributed by atoms with van der Waals surface area (Å²) in [6.07, 6.45) is 2.71. The van der Waals surface area contributed by atoms with Crippen LogP contribution >= 0.6 is 27.5 Å². The molecule has 2 atom stereocenters. The van der Waals surface area contributed by atoms with Gasteiger partial charge in [-0.1, -0.05) is 27.5 Å². The maximum absolute atomic E-state index is 6.07. The SMILES string of the molecule is Clc1ccc(Br)c(CN2C[C@@H]3CCCN[C@@H]3C2)c1. The highest BCUT2D eigenvalue weighted by Crippen LogP contribution is 2.28. The third-order valence-electron chi connectivity index (χ3n) is 4.08. The molecule has 2 aliphatic rings. The average molecular weight is 330 g/mol. The molecule has 4 heteroatoms. The van der Waals surface area contributed by atoms with Crippen molar-refractivity contribution in [3.63, 3.8) is 0 Å². The van der Waals surface area contributed by atoms with Crippen molar-refractivity contribution in [1.29, 1.82) is 0 Å². The minimum absolute atomic E-state index is 0.705. The molecule has 3 rings (SSSR count). The minimum atomic E-state index is 0.705. The van der Waals surface area contributed by atoms with Crippen LogP contribution in [-0.4, -0.2) is 30.6 Å². The second-order valence-corrected chi connectivity index (χ2v) is 6.68. The fourth-order valence-electron chi connectivity index (χ4n) is 3.17. The Hall–Kier alpha value is -0.0900. The van der Waals surface area contributed by atoms with E-state index in [1.807, 2.05) is 12.1 Å². The first-order valence-corrected chi connectivity index (χ1v) is 7.79. The fourth-order valence-corrected chi connectivity index (χ4v) is 3.74. The molecule has 0 saturated carbocycles. The quantitative estimate of drug-likeness (QED) is 0.896. The highest BCUT2D eigenvalue weighted by Gasteiger charge is 2.34. The molecule has 1 aromatic carbocycles. The Labute approximate surface area is 122 Å². The summed E-state index contributed by atoms with van der Waals surface area (Å²) in [6.45, 7) is 4.58. The van der Waals surface area contributed by atoms with E-state index in [2.05, 4.69) is 32.2 Å². The van der Waals surface area contributed by atoms with E-state index in [4.69, 9.17) is 11.6 Å². The Morgan fingerprint density at radius 1 is 1.39 bits per heavy atom. The molecular weight excluding hydrogens is 312 g/mol. The van der Waals surface area contributed by atoms with Gasteiger partial charge in [0, 0.05) is 35.2 Å². The normalized spacial score (nSPS) is 28.3. The zero-order valence-electron chi connectivity index (χ0n) is 10.3. The van der Waals surface area contributed by atoms with E-state index in [0.29, 0.717) is 6.04 Å². The predicted octanol–water partition coefficient (Wildman–Crippen LogP) is 3.29. The molecule has 1 aromatic rings. The molecule has 0 radical (unpaired) electrons. The van der Waals surface area contributed by atoms with Crippen LogP contribution in [0.2, 0.25) is 5.02 Å². The van der Waals surface area contributed by atoms with Gasteiger partial charge in [0.15, 0.2) is 0 Å². The molecule has 0 aliphatic carbocycles. The zero-order valence-corrected chi connectivity index (χ0v) is 12.7. The molecular formula is C14H18BrClN2. The van der Waals surface area contributed by atoms with Crippen molar-refractivity contribution < 1.29 is 0 Å². The van der Waals surface area contributed by atoms with E-state index in [9.17, 15) is 0 Å². The van der Waals surface area contributed by atoms with Crippen LogP contribution in [0.3, 0.4) is 0 Å². The summed E-state index contributed by atoms with van der Waals surface area (Å²) >= 11 is 9.69. The number of piperidine rings is 1. The number of likely N-dealkylation sites (tertiary alicyclic amines) is 1. The molecule has 0 unspecified atom stereocenters. The van der Waals surface area contributed by atoms with Crippen LogP contribution in [0.15, 0.2) is 22.7 Å². The van der Waals surface area contributed by atoms with Gasteiger partial charge in [0.25, 0.3) is 0 Å². The van der Waals surface area contributed by atoms with Crippen LogP contribution in [0.5, 0.6) is 0 Å². The maximum atomic E-state index is 6.07. The second kappa shape index (κ2) is 5.49. The van der Waals surface area contributed by atoms with Crippen LogP contribution < -0.4 is 5.32 Å². The second-order valence-electron chi connectivity index (χ2n) is 5.39. The summed E-state index contributed by atoms with van der Waals surface area (Å²) in [5.74, 6) is 0.844. The lowest BCUT2D eigenvalue weighted by molar-refractivity contribution is 0.312. The van der Waals surface area contributed by atoms with E-state index in [1.165, 1.54) is 38.0 Å². The summed E-state index contributed by atoms with van der Waals surface area (Å²) in [7, 11) is 0. The number of nitrogens with one attached hydrogen (secondary N) is 1. The first kappa shape index (κ1) is 12.9. The van der Waals surface area contributed by atoms with Gasteiger partial charge in [0.2, 0.25) is 0 Å². The molecule has 98 valence electrons. The largest absolute Gasteiger partial charge is 0.312 e. The van der Waals surface area contributed by atoms with Crippen molar-refractivity contribution in [2.75, 3.05) is 19.6 Å². The highest BCUT2D eigenvalue weighted by atomic mass is 79.9. The standard InChI is InChI=1S/C14H18BrClN2/c15-13-4-3-12(16)6-11(13)8-18-7-10-2-1-5-17-14(10)9-18/h3-4,6,10,14,17H,1-2,5,7-9H2/t10-,14+/m0/s1. The summed E-state index contributed by atoms with van der Waals surface area (Å²) in [5.41, 5.74) is 1.29. The fraction of sp³-hybridized carbons (Fsp3) is 0.571. The van der Waals surface area contributed by atoms with Gasteiger partial charge in [0.1, 0.15) is 0 Å². The number of benzene rings is 1. The number of hydrogen-bond acceptors (Lipinski definition) is 2. The predicted molar refractivity (Wildman–Crippen MR) is 78.9 cm³/mol. The van der Waals surface area contributed by atoms with E-state index < -0.39 is 0 Å². The molecule has 0 amide bonds. The molecule has 1 N–H and O–H groups in total. The minimum Gasteiger partial charge on any atom is -0.312 e. The average Bonchev–Trinajstić information content (AvgIpc) is 2.76. The van der Waals surface area contributed by atoms with Crippen molar-refractivity contribution in [3.05, 3.63) is 33.3 Å². The molecule has 0 bridgehead atoms. The highest BCUT2D eigenvalue weighted by molar-refractivity contribution is 9.10. The molecule has 2 heterocycles. The van der Waals surface area contributed by atoms with Crippen molar-refractivity contribution in [1.82, 2.24) is 10.2 Å². The molecule has 2 nitrogen and oxygen atoms in total. The lowest BCUT2D eigenvalue weighted by Crippen LogP contribution is -2.40. The van der Waals surface area contributed by atoms with E-state index in [-0.39, 0.29) is 0 Å². The van der Waals surface area contributed by atoms with Gasteiger partial charge in [-0.25, -0.2) is 0 Å². The number of halogens is 2. The summed E-state index contributed by atoms with van der Waals surface area (Å²) in [6, 6.07) is 6.75. The van der Waals surface area contributed by atoms with Crippen molar-refractivity contribution in [2.45, 2.75) is 25.4 Å². The molecule has 2 aliphatic heterocycles. The Balaban J connectivity index is 1.68. The number of hydrogen-bond donors (Lipinski definition) is 1. The first-order valence-electron chi connectivity index (χ1n) is 6.62.